The molecular formula is C22H19N3O4. The minimum Gasteiger partial charge on any atom is -0.481 e. The maximum absolute atomic E-state index is 12.8. The topological polar surface area (TPSA) is 98.7 Å². The molecule has 1 fully saturated rings. The van der Waals surface area contributed by atoms with Crippen LogP contribution in [0.2, 0.25) is 0 Å². The smallest absolute Gasteiger partial charge is 0.319 e. The lowest BCUT2D eigenvalue weighted by Crippen LogP contribution is -2.47. The Hall–Kier alpha value is -3.87. The molecule has 3 aromatic rings. The van der Waals surface area contributed by atoms with Crippen molar-refractivity contribution in [1.29, 1.82) is 0 Å². The summed E-state index contributed by atoms with van der Waals surface area (Å²) in [6.45, 7) is -0.000892. The highest BCUT2D eigenvalue weighted by molar-refractivity contribution is 6.06. The number of anilines is 2. The number of carboxylic acids is 1. The number of hydrogen-bond acceptors (Lipinski definition) is 3. The Bertz CT molecular complexity index is 1080. The molecule has 1 aliphatic heterocycles. The third-order valence-corrected chi connectivity index (χ3v) is 4.99. The van der Waals surface area contributed by atoms with Crippen molar-refractivity contribution in [3.8, 4) is 0 Å². The number of nitrogens with zero attached hydrogens (tertiary/aromatic N) is 1. The van der Waals surface area contributed by atoms with Gasteiger partial charge in [-0.15, -0.1) is 0 Å². The minimum atomic E-state index is -1.15. The highest BCUT2D eigenvalue weighted by Crippen LogP contribution is 2.26. The van der Waals surface area contributed by atoms with Crippen molar-refractivity contribution in [3.63, 3.8) is 0 Å². The second kappa shape index (κ2) is 7.63. The van der Waals surface area contributed by atoms with E-state index in [9.17, 15) is 19.5 Å². The van der Waals surface area contributed by atoms with Crippen LogP contribution in [0.15, 0.2) is 72.8 Å². The van der Waals surface area contributed by atoms with E-state index in [0.29, 0.717) is 11.4 Å². The fourth-order valence-electron chi connectivity index (χ4n) is 3.53. The van der Waals surface area contributed by atoms with E-state index in [1.807, 2.05) is 42.5 Å². The Morgan fingerprint density at radius 2 is 1.62 bits per heavy atom. The summed E-state index contributed by atoms with van der Waals surface area (Å²) in [5, 5.41) is 16.7. The summed E-state index contributed by atoms with van der Waals surface area (Å²) in [4.78, 5) is 38.3. The maximum atomic E-state index is 12.8. The number of carboxylic acid groups (broad SMARTS) is 1. The lowest BCUT2D eigenvalue weighted by molar-refractivity contribution is -0.142. The van der Waals surface area contributed by atoms with Gasteiger partial charge in [-0.05, 0) is 35.0 Å². The van der Waals surface area contributed by atoms with E-state index in [1.165, 1.54) is 4.90 Å². The van der Waals surface area contributed by atoms with E-state index in [4.69, 9.17) is 0 Å². The molecule has 4 rings (SSSR count). The maximum Gasteiger partial charge on any atom is 0.319 e. The molecule has 7 heteroatoms. The number of carbonyl (C=O) groups excluding carboxylic acids is 2. The zero-order valence-corrected chi connectivity index (χ0v) is 15.4. The third-order valence-electron chi connectivity index (χ3n) is 4.99. The van der Waals surface area contributed by atoms with Crippen molar-refractivity contribution in [2.24, 2.45) is 5.92 Å². The second-order valence-corrected chi connectivity index (χ2v) is 6.87. The standard InChI is InChI=1S/C22H19N3O4/c26-20-19(18(21(27)28)13-25(20)17-8-2-1-3-9-17)24-22(29)23-16-11-10-14-6-4-5-7-15(14)12-16/h1-12,18-19H,13H2,(H,27,28)(H2,23,24,29)/t18-,19+/m0/s1. The summed E-state index contributed by atoms with van der Waals surface area (Å²) in [6.07, 6.45) is 0. The fourth-order valence-corrected chi connectivity index (χ4v) is 3.53. The van der Waals surface area contributed by atoms with Crippen LogP contribution in [0.5, 0.6) is 0 Å². The Morgan fingerprint density at radius 1 is 0.931 bits per heavy atom. The number of carbonyl (C=O) groups is 3. The molecule has 3 amide bonds. The number of rotatable bonds is 4. The van der Waals surface area contributed by atoms with E-state index in [2.05, 4.69) is 10.6 Å². The Morgan fingerprint density at radius 3 is 2.34 bits per heavy atom. The van der Waals surface area contributed by atoms with Gasteiger partial charge in [0.05, 0.1) is 0 Å². The van der Waals surface area contributed by atoms with Crippen LogP contribution < -0.4 is 15.5 Å². The molecule has 3 N–H and O–H groups in total. The monoisotopic (exact) mass is 389 g/mol. The molecule has 1 aliphatic rings. The van der Waals surface area contributed by atoms with Crippen molar-refractivity contribution >= 4 is 40.1 Å². The summed E-state index contributed by atoms with van der Waals surface area (Å²) in [6, 6.07) is 20.2. The number of urea groups is 1. The molecule has 1 heterocycles. The van der Waals surface area contributed by atoms with E-state index in [1.54, 1.807) is 30.3 Å². The van der Waals surface area contributed by atoms with Gasteiger partial charge >= 0.3 is 12.0 Å². The number of benzene rings is 3. The molecule has 0 bridgehead atoms. The van der Waals surface area contributed by atoms with Gasteiger partial charge in [0.2, 0.25) is 0 Å². The summed E-state index contributed by atoms with van der Waals surface area (Å²) in [5.41, 5.74) is 1.15. The van der Waals surface area contributed by atoms with Gasteiger partial charge in [0.25, 0.3) is 5.91 Å². The van der Waals surface area contributed by atoms with Crippen LogP contribution in [0.25, 0.3) is 10.8 Å². The van der Waals surface area contributed by atoms with Crippen LogP contribution in [0.4, 0.5) is 16.2 Å². The number of para-hydroxylation sites is 1. The van der Waals surface area contributed by atoms with Gasteiger partial charge in [-0.3, -0.25) is 9.59 Å². The van der Waals surface area contributed by atoms with Crippen molar-refractivity contribution in [1.82, 2.24) is 5.32 Å². The molecule has 0 aromatic heterocycles. The van der Waals surface area contributed by atoms with Crippen LogP contribution in [-0.2, 0) is 9.59 Å². The van der Waals surface area contributed by atoms with Gasteiger partial charge < -0.3 is 20.6 Å². The largest absolute Gasteiger partial charge is 0.481 e. The van der Waals surface area contributed by atoms with Gasteiger partial charge in [-0.2, -0.15) is 0 Å². The Kier molecular flexibility index (Phi) is 4.87. The average Bonchev–Trinajstić information content (AvgIpc) is 3.05. The summed E-state index contributed by atoms with van der Waals surface area (Å²) >= 11 is 0. The predicted octanol–water partition coefficient (Wildman–Crippen LogP) is 3.08. The van der Waals surface area contributed by atoms with Gasteiger partial charge in [0, 0.05) is 17.9 Å². The minimum absolute atomic E-state index is 0.000892. The van der Waals surface area contributed by atoms with Crippen molar-refractivity contribution < 1.29 is 19.5 Å². The number of hydrogen-bond donors (Lipinski definition) is 3. The van der Waals surface area contributed by atoms with Gasteiger partial charge in [-0.1, -0.05) is 48.5 Å². The molecule has 7 nitrogen and oxygen atoms in total. The second-order valence-electron chi connectivity index (χ2n) is 6.87. The molecule has 0 spiro atoms. The number of aliphatic carboxylic acids is 1. The van der Waals surface area contributed by atoms with Crippen LogP contribution in [0.1, 0.15) is 0 Å². The van der Waals surface area contributed by atoms with Gasteiger partial charge in [-0.25, -0.2) is 4.79 Å². The average molecular weight is 389 g/mol. The molecule has 2 atom stereocenters. The van der Waals surface area contributed by atoms with Crippen LogP contribution in [0, 0.1) is 5.92 Å². The van der Waals surface area contributed by atoms with Crippen molar-refractivity contribution in [2.75, 3.05) is 16.8 Å². The lowest BCUT2D eigenvalue weighted by atomic mass is 10.0. The lowest BCUT2D eigenvalue weighted by Gasteiger charge is -2.17. The molecule has 146 valence electrons. The van der Waals surface area contributed by atoms with Crippen LogP contribution >= 0.6 is 0 Å². The summed E-state index contributed by atoms with van der Waals surface area (Å²) in [7, 11) is 0. The predicted molar refractivity (Wildman–Crippen MR) is 110 cm³/mol. The SMILES string of the molecule is O=C(Nc1ccc2ccccc2c1)N[C@H]1C(=O)N(c2ccccc2)C[C@@H]1C(=O)O. The van der Waals surface area contributed by atoms with Crippen molar-refractivity contribution in [2.45, 2.75) is 6.04 Å². The number of fused-ring (bicyclic) bond motifs is 1. The quantitative estimate of drug-likeness (QED) is 0.639. The van der Waals surface area contributed by atoms with Crippen LogP contribution in [0.3, 0.4) is 0 Å². The summed E-state index contributed by atoms with van der Waals surface area (Å²) in [5.74, 6) is -2.62. The molecule has 0 saturated carbocycles. The molecule has 0 aliphatic carbocycles. The first-order valence-corrected chi connectivity index (χ1v) is 9.18. The summed E-state index contributed by atoms with van der Waals surface area (Å²) < 4.78 is 0. The fraction of sp³-hybridized carbons (Fsp3) is 0.136. The van der Waals surface area contributed by atoms with E-state index in [-0.39, 0.29) is 6.54 Å². The zero-order valence-electron chi connectivity index (χ0n) is 15.4. The first-order chi connectivity index (χ1) is 14.0. The highest BCUT2D eigenvalue weighted by Gasteiger charge is 2.45. The van der Waals surface area contributed by atoms with Gasteiger partial charge in [0.1, 0.15) is 12.0 Å². The number of nitrogens with one attached hydrogen (secondary N) is 2. The molecular weight excluding hydrogens is 370 g/mol. The van der Waals surface area contributed by atoms with Gasteiger partial charge in [0.15, 0.2) is 0 Å². The Labute approximate surface area is 166 Å². The first-order valence-electron chi connectivity index (χ1n) is 9.18. The van der Waals surface area contributed by atoms with Crippen molar-refractivity contribution in [3.05, 3.63) is 72.8 Å². The first kappa shape index (κ1) is 18.5. The molecule has 0 unspecified atom stereocenters. The number of amides is 3. The highest BCUT2D eigenvalue weighted by atomic mass is 16.4. The zero-order chi connectivity index (χ0) is 20.4. The van der Waals surface area contributed by atoms with Crippen LogP contribution in [-0.4, -0.2) is 35.6 Å². The molecule has 0 radical (unpaired) electrons. The van der Waals surface area contributed by atoms with E-state index in [0.717, 1.165) is 10.8 Å². The molecule has 1 saturated heterocycles. The molecule has 3 aromatic carbocycles. The van der Waals surface area contributed by atoms with E-state index >= 15 is 0 Å². The third kappa shape index (κ3) is 3.75. The normalized spacial score (nSPS) is 18.6. The van der Waals surface area contributed by atoms with E-state index < -0.39 is 29.9 Å². The Balaban J connectivity index is 1.50. The molecule has 29 heavy (non-hydrogen) atoms.